The largest absolute Gasteiger partial charge is 0.347 e. The zero-order chi connectivity index (χ0) is 18.0. The van der Waals surface area contributed by atoms with Crippen LogP contribution in [0.1, 0.15) is 19.3 Å². The van der Waals surface area contributed by atoms with Crippen LogP contribution in [0.2, 0.25) is 0 Å². The summed E-state index contributed by atoms with van der Waals surface area (Å²) in [7, 11) is 3.49. The Labute approximate surface area is 148 Å². The maximum absolute atomic E-state index is 12.6. The third-order valence-corrected chi connectivity index (χ3v) is 5.14. The van der Waals surface area contributed by atoms with Crippen LogP contribution in [0, 0.1) is 11.8 Å². The lowest BCUT2D eigenvalue weighted by Gasteiger charge is -2.17. The molecule has 0 bridgehead atoms. The second-order valence-electron chi connectivity index (χ2n) is 7.03. The Kier molecular flexibility index (Phi) is 5.08. The molecule has 1 aliphatic rings. The van der Waals surface area contributed by atoms with Gasteiger partial charge in [-0.2, -0.15) is 0 Å². The molecule has 0 radical (unpaired) electrons. The summed E-state index contributed by atoms with van der Waals surface area (Å²) in [6, 6.07) is 7.79. The van der Waals surface area contributed by atoms with E-state index < -0.39 is 0 Å². The van der Waals surface area contributed by atoms with Crippen molar-refractivity contribution in [3.63, 3.8) is 0 Å². The summed E-state index contributed by atoms with van der Waals surface area (Å²) in [4.78, 5) is 26.1. The van der Waals surface area contributed by atoms with Crippen molar-refractivity contribution in [3.8, 4) is 0 Å². The highest BCUT2D eigenvalue weighted by Crippen LogP contribution is 2.32. The normalized spacial score (nSPS) is 20.0. The van der Waals surface area contributed by atoms with Crippen molar-refractivity contribution < 1.29 is 9.59 Å². The molecule has 0 aliphatic heterocycles. The Morgan fingerprint density at radius 1 is 1.28 bits per heavy atom. The Balaban J connectivity index is 1.78. The van der Waals surface area contributed by atoms with E-state index in [9.17, 15) is 9.59 Å². The molecule has 25 heavy (non-hydrogen) atoms. The van der Waals surface area contributed by atoms with E-state index in [1.807, 2.05) is 35.0 Å². The topological polar surface area (TPSA) is 80.4 Å². The maximum Gasteiger partial charge on any atom is 0.241 e. The standard InChI is InChI=1S/C19H26N4O2/c1-22(2)18(24)12-23-9-8-13-6-7-15(10-17(13)23)21-19(25)16-5-3-4-14(16)11-20/h6-10,14,16H,3-5,11-12,20H2,1-2H3,(H,21,25)/t14-,16-/m1/s1. The zero-order valence-electron chi connectivity index (χ0n) is 14.9. The lowest BCUT2D eigenvalue weighted by atomic mass is 9.95. The van der Waals surface area contributed by atoms with Crippen molar-refractivity contribution in [3.05, 3.63) is 30.5 Å². The third-order valence-electron chi connectivity index (χ3n) is 5.14. The van der Waals surface area contributed by atoms with Crippen LogP contribution in [-0.4, -0.2) is 41.9 Å². The van der Waals surface area contributed by atoms with Gasteiger partial charge in [0.15, 0.2) is 0 Å². The van der Waals surface area contributed by atoms with Crippen LogP contribution in [0.15, 0.2) is 30.5 Å². The van der Waals surface area contributed by atoms with Gasteiger partial charge in [-0.05, 0) is 48.9 Å². The summed E-state index contributed by atoms with van der Waals surface area (Å²) in [5, 5.41) is 4.08. The highest BCUT2D eigenvalue weighted by Gasteiger charge is 2.31. The number of nitrogens with one attached hydrogen (secondary N) is 1. The molecule has 1 aliphatic carbocycles. The molecular weight excluding hydrogens is 316 g/mol. The van der Waals surface area contributed by atoms with E-state index in [-0.39, 0.29) is 30.2 Å². The first kappa shape index (κ1) is 17.5. The molecule has 6 nitrogen and oxygen atoms in total. The molecule has 6 heteroatoms. The fraction of sp³-hybridized carbons (Fsp3) is 0.474. The summed E-state index contributed by atoms with van der Waals surface area (Å²) < 4.78 is 1.91. The van der Waals surface area contributed by atoms with Gasteiger partial charge in [0.2, 0.25) is 11.8 Å². The first-order valence-electron chi connectivity index (χ1n) is 8.79. The molecule has 3 N–H and O–H groups in total. The van der Waals surface area contributed by atoms with Gasteiger partial charge in [0.1, 0.15) is 6.54 Å². The monoisotopic (exact) mass is 342 g/mol. The van der Waals surface area contributed by atoms with Crippen LogP contribution in [-0.2, 0) is 16.1 Å². The average molecular weight is 342 g/mol. The molecule has 134 valence electrons. The maximum atomic E-state index is 12.6. The molecule has 2 aromatic rings. The van der Waals surface area contributed by atoms with E-state index in [1.54, 1.807) is 19.0 Å². The molecule has 0 unspecified atom stereocenters. The van der Waals surface area contributed by atoms with Crippen molar-refractivity contribution in [1.29, 1.82) is 0 Å². The first-order valence-corrected chi connectivity index (χ1v) is 8.79. The number of aromatic nitrogens is 1. The smallest absolute Gasteiger partial charge is 0.241 e. The predicted molar refractivity (Wildman–Crippen MR) is 99.1 cm³/mol. The van der Waals surface area contributed by atoms with Gasteiger partial charge >= 0.3 is 0 Å². The highest BCUT2D eigenvalue weighted by molar-refractivity contribution is 5.95. The molecule has 1 saturated carbocycles. The number of anilines is 1. The molecule has 2 atom stereocenters. The molecule has 0 spiro atoms. The highest BCUT2D eigenvalue weighted by atomic mass is 16.2. The van der Waals surface area contributed by atoms with Gasteiger partial charge in [0, 0.05) is 31.9 Å². The van der Waals surface area contributed by atoms with Gasteiger partial charge in [0.25, 0.3) is 0 Å². The fourth-order valence-corrected chi connectivity index (χ4v) is 3.59. The Morgan fingerprint density at radius 2 is 2.08 bits per heavy atom. The molecule has 2 amide bonds. The van der Waals surface area contributed by atoms with Crippen LogP contribution in [0.25, 0.3) is 10.9 Å². The Bertz CT molecular complexity index is 781. The van der Waals surface area contributed by atoms with Crippen LogP contribution in [0.3, 0.4) is 0 Å². The number of carbonyl (C=O) groups excluding carboxylic acids is 2. The number of hydrogen-bond donors (Lipinski definition) is 2. The van der Waals surface area contributed by atoms with Gasteiger partial charge in [-0.3, -0.25) is 9.59 Å². The van der Waals surface area contributed by atoms with Gasteiger partial charge in [-0.15, -0.1) is 0 Å². The Morgan fingerprint density at radius 3 is 2.80 bits per heavy atom. The molecule has 3 rings (SSSR count). The summed E-state index contributed by atoms with van der Waals surface area (Å²) in [6.45, 7) is 0.846. The lowest BCUT2D eigenvalue weighted by Crippen LogP contribution is -2.29. The summed E-state index contributed by atoms with van der Waals surface area (Å²) in [5.74, 6) is 0.367. The predicted octanol–water partition coefficient (Wildman–Crippen LogP) is 2.04. The second kappa shape index (κ2) is 7.27. The minimum absolute atomic E-state index is 0.00259. The van der Waals surface area contributed by atoms with Gasteiger partial charge in [0.05, 0.1) is 5.52 Å². The molecule has 1 heterocycles. The number of rotatable bonds is 5. The zero-order valence-corrected chi connectivity index (χ0v) is 14.9. The number of fused-ring (bicyclic) bond motifs is 1. The average Bonchev–Trinajstić information content (AvgIpc) is 3.21. The molecule has 1 aromatic carbocycles. The molecule has 1 aromatic heterocycles. The van der Waals surface area contributed by atoms with Crippen molar-refractivity contribution in [2.24, 2.45) is 17.6 Å². The SMILES string of the molecule is CN(C)C(=O)Cn1ccc2ccc(NC(=O)[C@@H]3CCC[C@@H]3CN)cc21. The number of nitrogens with two attached hydrogens (primary N) is 1. The number of benzene rings is 1. The van der Waals surface area contributed by atoms with Crippen LogP contribution >= 0.6 is 0 Å². The second-order valence-corrected chi connectivity index (χ2v) is 7.03. The minimum Gasteiger partial charge on any atom is -0.347 e. The number of amides is 2. The van der Waals surface area contributed by atoms with E-state index in [0.717, 1.165) is 35.9 Å². The summed E-state index contributed by atoms with van der Waals surface area (Å²) in [5.41, 5.74) is 7.49. The lowest BCUT2D eigenvalue weighted by molar-refractivity contribution is -0.129. The van der Waals surface area contributed by atoms with Crippen molar-refractivity contribution in [1.82, 2.24) is 9.47 Å². The van der Waals surface area contributed by atoms with E-state index in [0.29, 0.717) is 6.54 Å². The van der Waals surface area contributed by atoms with Crippen LogP contribution in [0.5, 0.6) is 0 Å². The number of likely N-dealkylation sites (N-methyl/N-ethyl adjacent to an activating group) is 1. The summed E-state index contributed by atoms with van der Waals surface area (Å²) in [6.07, 6.45) is 4.90. The first-order chi connectivity index (χ1) is 12.0. The van der Waals surface area contributed by atoms with Gasteiger partial charge < -0.3 is 20.5 Å². The van der Waals surface area contributed by atoms with E-state index >= 15 is 0 Å². The number of carbonyl (C=O) groups is 2. The van der Waals surface area contributed by atoms with Gasteiger partial charge in [-0.25, -0.2) is 0 Å². The number of nitrogens with zero attached hydrogens (tertiary/aromatic N) is 2. The third kappa shape index (κ3) is 3.69. The summed E-state index contributed by atoms with van der Waals surface area (Å²) >= 11 is 0. The molecular formula is C19H26N4O2. The van der Waals surface area contributed by atoms with Crippen LogP contribution < -0.4 is 11.1 Å². The van der Waals surface area contributed by atoms with E-state index in [1.165, 1.54) is 0 Å². The Hall–Kier alpha value is -2.34. The fourth-order valence-electron chi connectivity index (χ4n) is 3.59. The van der Waals surface area contributed by atoms with E-state index in [2.05, 4.69) is 5.32 Å². The van der Waals surface area contributed by atoms with E-state index in [4.69, 9.17) is 5.73 Å². The van der Waals surface area contributed by atoms with Crippen molar-refractivity contribution >= 4 is 28.4 Å². The minimum atomic E-state index is 0.00259. The van der Waals surface area contributed by atoms with Gasteiger partial charge in [-0.1, -0.05) is 12.5 Å². The molecule has 1 fully saturated rings. The van der Waals surface area contributed by atoms with Crippen molar-refractivity contribution in [2.45, 2.75) is 25.8 Å². The van der Waals surface area contributed by atoms with Crippen molar-refractivity contribution in [2.75, 3.05) is 26.0 Å². The molecule has 0 saturated heterocycles. The van der Waals surface area contributed by atoms with Crippen LogP contribution in [0.4, 0.5) is 5.69 Å². The number of hydrogen-bond acceptors (Lipinski definition) is 3. The quantitative estimate of drug-likeness (QED) is 0.872.